The number of aromatic nitrogens is 2. The van der Waals surface area contributed by atoms with Crippen molar-refractivity contribution in [2.45, 2.75) is 26.3 Å². The number of aromatic amines is 1. The Kier molecular flexibility index (Phi) is 4.59. The molecule has 4 nitrogen and oxygen atoms in total. The molecule has 0 saturated carbocycles. The van der Waals surface area contributed by atoms with Gasteiger partial charge >= 0.3 is 0 Å². The van der Waals surface area contributed by atoms with Crippen molar-refractivity contribution in [1.82, 2.24) is 14.9 Å². The molecule has 23 heavy (non-hydrogen) atoms. The zero-order valence-electron chi connectivity index (χ0n) is 13.7. The Labute approximate surface area is 139 Å². The van der Waals surface area contributed by atoms with Crippen LogP contribution in [0.4, 0.5) is 0 Å². The van der Waals surface area contributed by atoms with E-state index in [2.05, 4.69) is 42.3 Å². The lowest BCUT2D eigenvalue weighted by molar-refractivity contribution is 0.390. The number of nitrogens with zero attached hydrogens (tertiary/aromatic N) is 2. The van der Waals surface area contributed by atoms with Crippen LogP contribution in [-0.2, 0) is 6.54 Å². The molecule has 3 aromatic rings. The topological polar surface area (TPSA) is 49.0 Å². The lowest BCUT2D eigenvalue weighted by atomic mass is 10.1. The summed E-state index contributed by atoms with van der Waals surface area (Å²) in [6.45, 7) is 2.79. The first-order valence-electron chi connectivity index (χ1n) is 7.85. The Morgan fingerprint density at radius 2 is 2.17 bits per heavy atom. The van der Waals surface area contributed by atoms with Crippen molar-refractivity contribution >= 4 is 37.7 Å². The van der Waals surface area contributed by atoms with Crippen molar-refractivity contribution < 1.29 is 0 Å². The lowest BCUT2D eigenvalue weighted by Crippen LogP contribution is -2.17. The van der Waals surface area contributed by atoms with Gasteiger partial charge < -0.3 is 9.88 Å². The van der Waals surface area contributed by atoms with E-state index in [0.717, 1.165) is 34.0 Å². The van der Waals surface area contributed by atoms with Crippen LogP contribution in [0.3, 0.4) is 0 Å². The second-order valence-electron chi connectivity index (χ2n) is 5.98. The summed E-state index contributed by atoms with van der Waals surface area (Å²) < 4.78 is 1.81. The average molecular weight is 327 g/mol. The summed E-state index contributed by atoms with van der Waals surface area (Å²) >= 11 is 1.51. The summed E-state index contributed by atoms with van der Waals surface area (Å²) in [5.41, 5.74) is 1.93. The standard InChI is InChI=1S/C18H21N3OS/c1-4-5-6-7-12-8-9-14-13(10-12)16-17(23-14)18(22)20-15(19-16)11-21(2)3/h6-10H,4-5,11H2,1-3H3,(H,19,20,22). The predicted molar refractivity (Wildman–Crippen MR) is 99.1 cm³/mol. The van der Waals surface area contributed by atoms with E-state index in [4.69, 9.17) is 4.98 Å². The number of unbranched alkanes of at least 4 members (excludes halogenated alkanes) is 1. The van der Waals surface area contributed by atoms with Crippen LogP contribution >= 0.6 is 11.3 Å². The molecule has 3 rings (SSSR count). The molecule has 5 heteroatoms. The fourth-order valence-electron chi connectivity index (χ4n) is 2.58. The normalized spacial score (nSPS) is 12.2. The maximum absolute atomic E-state index is 12.3. The van der Waals surface area contributed by atoms with Gasteiger partial charge in [0.1, 0.15) is 10.5 Å². The van der Waals surface area contributed by atoms with Gasteiger partial charge in [0, 0.05) is 10.1 Å². The minimum absolute atomic E-state index is 0.0453. The third-order valence-electron chi connectivity index (χ3n) is 3.63. The molecule has 0 aliphatic carbocycles. The van der Waals surface area contributed by atoms with Gasteiger partial charge in [0.15, 0.2) is 0 Å². The smallest absolute Gasteiger partial charge is 0.268 e. The Hall–Kier alpha value is -1.98. The first-order valence-corrected chi connectivity index (χ1v) is 8.67. The highest BCUT2D eigenvalue weighted by Crippen LogP contribution is 2.31. The van der Waals surface area contributed by atoms with Crippen molar-refractivity contribution in [2.24, 2.45) is 0 Å². The van der Waals surface area contributed by atoms with Crippen molar-refractivity contribution in [3.8, 4) is 0 Å². The third kappa shape index (κ3) is 3.35. The molecule has 0 atom stereocenters. The average Bonchev–Trinajstić information content (AvgIpc) is 2.86. The molecule has 0 amide bonds. The van der Waals surface area contributed by atoms with Crippen molar-refractivity contribution in [1.29, 1.82) is 0 Å². The van der Waals surface area contributed by atoms with Crippen LogP contribution < -0.4 is 5.56 Å². The summed E-state index contributed by atoms with van der Waals surface area (Å²) in [7, 11) is 3.93. The highest BCUT2D eigenvalue weighted by Gasteiger charge is 2.12. The van der Waals surface area contributed by atoms with Crippen LogP contribution in [0.25, 0.3) is 26.4 Å². The Bertz CT molecular complexity index is 921. The Morgan fingerprint density at radius 1 is 1.35 bits per heavy atom. The molecule has 120 valence electrons. The van der Waals surface area contributed by atoms with Gasteiger partial charge in [-0.25, -0.2) is 4.98 Å². The number of benzene rings is 1. The summed E-state index contributed by atoms with van der Waals surface area (Å²) in [6, 6.07) is 6.31. The number of H-pyrrole nitrogens is 1. The highest BCUT2D eigenvalue weighted by atomic mass is 32.1. The molecule has 0 fully saturated rings. The molecule has 0 spiro atoms. The van der Waals surface area contributed by atoms with Gasteiger partial charge in [-0.2, -0.15) is 0 Å². The fraction of sp³-hybridized carbons (Fsp3) is 0.333. The number of hydrogen-bond acceptors (Lipinski definition) is 4. The van der Waals surface area contributed by atoms with Crippen LogP contribution in [0.1, 0.15) is 31.2 Å². The fourth-order valence-corrected chi connectivity index (χ4v) is 3.60. The summed E-state index contributed by atoms with van der Waals surface area (Å²) in [5, 5.41) is 1.06. The van der Waals surface area contributed by atoms with Crippen LogP contribution in [0.15, 0.2) is 29.1 Å². The summed E-state index contributed by atoms with van der Waals surface area (Å²) in [6.07, 6.45) is 6.55. The summed E-state index contributed by atoms with van der Waals surface area (Å²) in [4.78, 5) is 21.9. The SMILES string of the molecule is CCCC=Cc1ccc2sc3c(=O)[nH]c(CN(C)C)nc3c2c1. The largest absolute Gasteiger partial charge is 0.308 e. The predicted octanol–water partition coefficient (Wildman–Crippen LogP) is 4.01. The van der Waals surface area contributed by atoms with Gasteiger partial charge in [0.2, 0.25) is 0 Å². The molecule has 0 saturated heterocycles. The molecule has 0 aliphatic heterocycles. The van der Waals surface area contributed by atoms with Gasteiger partial charge in [-0.15, -0.1) is 11.3 Å². The monoisotopic (exact) mass is 327 g/mol. The second kappa shape index (κ2) is 6.64. The molecule has 0 radical (unpaired) electrons. The van der Waals surface area contributed by atoms with Crippen LogP contribution in [0, 0.1) is 0 Å². The number of fused-ring (bicyclic) bond motifs is 3. The number of nitrogens with one attached hydrogen (secondary N) is 1. The van der Waals surface area contributed by atoms with Crippen LogP contribution in [0.2, 0.25) is 0 Å². The van der Waals surface area contributed by atoms with Crippen molar-refractivity contribution in [3.63, 3.8) is 0 Å². The van der Waals surface area contributed by atoms with Gasteiger partial charge in [0.05, 0.1) is 12.1 Å². The van der Waals surface area contributed by atoms with Gasteiger partial charge in [-0.1, -0.05) is 31.6 Å². The summed E-state index contributed by atoms with van der Waals surface area (Å²) in [5.74, 6) is 0.708. The van der Waals surface area contributed by atoms with E-state index in [9.17, 15) is 4.79 Å². The Balaban J connectivity index is 2.15. The Morgan fingerprint density at radius 3 is 2.91 bits per heavy atom. The van der Waals surface area contributed by atoms with E-state index in [-0.39, 0.29) is 5.56 Å². The molecular weight excluding hydrogens is 306 g/mol. The van der Waals surface area contributed by atoms with E-state index in [1.54, 1.807) is 0 Å². The maximum atomic E-state index is 12.3. The van der Waals surface area contributed by atoms with E-state index in [1.165, 1.54) is 11.3 Å². The third-order valence-corrected chi connectivity index (χ3v) is 4.79. The van der Waals surface area contributed by atoms with Crippen LogP contribution in [-0.4, -0.2) is 29.0 Å². The first kappa shape index (κ1) is 15.9. The molecule has 2 aromatic heterocycles. The zero-order valence-corrected chi connectivity index (χ0v) is 14.5. The molecule has 0 aliphatic rings. The number of rotatable bonds is 5. The lowest BCUT2D eigenvalue weighted by Gasteiger charge is -2.08. The van der Waals surface area contributed by atoms with E-state index in [1.807, 2.05) is 19.0 Å². The minimum Gasteiger partial charge on any atom is -0.308 e. The molecule has 0 bridgehead atoms. The number of thiophene rings is 1. The number of hydrogen-bond donors (Lipinski definition) is 1. The molecule has 0 unspecified atom stereocenters. The van der Waals surface area contributed by atoms with E-state index in [0.29, 0.717) is 17.1 Å². The van der Waals surface area contributed by atoms with E-state index < -0.39 is 0 Å². The van der Waals surface area contributed by atoms with Crippen LogP contribution in [0.5, 0.6) is 0 Å². The zero-order chi connectivity index (χ0) is 16.4. The molecular formula is C18H21N3OS. The van der Waals surface area contributed by atoms with E-state index >= 15 is 0 Å². The van der Waals surface area contributed by atoms with Crippen molar-refractivity contribution in [2.75, 3.05) is 14.1 Å². The molecule has 2 heterocycles. The molecule has 1 aromatic carbocycles. The first-order chi connectivity index (χ1) is 11.1. The second-order valence-corrected chi connectivity index (χ2v) is 7.03. The minimum atomic E-state index is -0.0453. The number of allylic oxidation sites excluding steroid dienone is 1. The van der Waals surface area contributed by atoms with Crippen molar-refractivity contribution in [3.05, 3.63) is 46.0 Å². The quantitative estimate of drug-likeness (QED) is 0.770. The maximum Gasteiger partial charge on any atom is 0.268 e. The van der Waals surface area contributed by atoms with Gasteiger partial charge in [-0.3, -0.25) is 4.79 Å². The van der Waals surface area contributed by atoms with Gasteiger partial charge in [-0.05, 0) is 38.2 Å². The highest BCUT2D eigenvalue weighted by molar-refractivity contribution is 7.25. The molecule has 1 N–H and O–H groups in total. The van der Waals surface area contributed by atoms with Gasteiger partial charge in [0.25, 0.3) is 5.56 Å².